The molecular formula is C16H15N5O3S2. The second kappa shape index (κ2) is 5.94. The zero-order valence-corrected chi connectivity index (χ0v) is 15.6. The largest absolute Gasteiger partial charge is 0.495 e. The molecule has 0 spiro atoms. The van der Waals surface area contributed by atoms with E-state index in [1.165, 1.54) is 30.6 Å². The number of aromatic nitrogens is 3. The van der Waals surface area contributed by atoms with Gasteiger partial charge in [0, 0.05) is 12.4 Å². The maximum atomic E-state index is 11.6. The molecule has 0 atom stereocenters. The Labute approximate surface area is 153 Å². The molecule has 2 heterocycles. The summed E-state index contributed by atoms with van der Waals surface area (Å²) in [6.45, 7) is 0. The van der Waals surface area contributed by atoms with E-state index in [2.05, 4.69) is 15.4 Å². The first-order chi connectivity index (χ1) is 12.4. The lowest BCUT2D eigenvalue weighted by Gasteiger charge is -2.10. The van der Waals surface area contributed by atoms with Gasteiger partial charge in [0.1, 0.15) is 5.75 Å². The number of thiazole rings is 1. The quantitative estimate of drug-likeness (QED) is 0.555. The van der Waals surface area contributed by atoms with Crippen LogP contribution in [-0.2, 0) is 17.1 Å². The van der Waals surface area contributed by atoms with Crippen LogP contribution in [-0.4, -0.2) is 30.3 Å². The molecule has 0 bridgehead atoms. The number of nitrogens with two attached hydrogens (primary N) is 1. The van der Waals surface area contributed by atoms with Crippen LogP contribution in [0.2, 0.25) is 0 Å². The summed E-state index contributed by atoms with van der Waals surface area (Å²) in [7, 11) is -0.430. The van der Waals surface area contributed by atoms with Crippen LogP contribution in [0.3, 0.4) is 0 Å². The lowest BCUT2D eigenvalue weighted by atomic mass is 10.2. The van der Waals surface area contributed by atoms with Crippen LogP contribution in [0.5, 0.6) is 5.75 Å². The first-order valence-electron chi connectivity index (χ1n) is 7.56. The van der Waals surface area contributed by atoms with Crippen LogP contribution in [0.25, 0.3) is 21.1 Å². The lowest BCUT2D eigenvalue weighted by Crippen LogP contribution is -2.12. The number of primary sulfonamides is 1. The van der Waals surface area contributed by atoms with Crippen molar-refractivity contribution in [1.29, 1.82) is 0 Å². The Hall–Kier alpha value is -2.69. The van der Waals surface area contributed by atoms with Gasteiger partial charge in [0.25, 0.3) is 0 Å². The molecule has 2 aromatic heterocycles. The molecule has 26 heavy (non-hydrogen) atoms. The number of ether oxygens (including phenoxy) is 1. The predicted molar refractivity (Wildman–Crippen MR) is 102 cm³/mol. The highest BCUT2D eigenvalue weighted by Crippen LogP contribution is 2.35. The Morgan fingerprint density at radius 3 is 2.81 bits per heavy atom. The number of benzene rings is 2. The van der Waals surface area contributed by atoms with Gasteiger partial charge in [-0.05, 0) is 30.3 Å². The van der Waals surface area contributed by atoms with E-state index in [9.17, 15) is 8.42 Å². The van der Waals surface area contributed by atoms with E-state index >= 15 is 0 Å². The summed E-state index contributed by atoms with van der Waals surface area (Å²) >= 11 is 1.45. The number of hydrogen-bond donors (Lipinski definition) is 2. The van der Waals surface area contributed by atoms with Gasteiger partial charge in [-0.1, -0.05) is 11.3 Å². The zero-order valence-electron chi connectivity index (χ0n) is 13.9. The van der Waals surface area contributed by atoms with Crippen LogP contribution in [0.1, 0.15) is 0 Å². The fourth-order valence-electron chi connectivity index (χ4n) is 2.75. The number of nitrogens with zero attached hydrogens (tertiary/aromatic N) is 3. The molecule has 0 aliphatic rings. The highest BCUT2D eigenvalue weighted by molar-refractivity contribution is 7.89. The predicted octanol–water partition coefficient (Wildman–Crippen LogP) is 2.58. The normalized spacial score (nSPS) is 12.0. The number of anilines is 2. The third kappa shape index (κ3) is 2.77. The van der Waals surface area contributed by atoms with Gasteiger partial charge in [-0.3, -0.25) is 4.68 Å². The van der Waals surface area contributed by atoms with Crippen molar-refractivity contribution in [3.63, 3.8) is 0 Å². The summed E-state index contributed by atoms with van der Waals surface area (Å²) in [6.07, 6.45) is 1.78. The van der Waals surface area contributed by atoms with Gasteiger partial charge in [0.2, 0.25) is 10.0 Å². The van der Waals surface area contributed by atoms with Crippen LogP contribution in [0.15, 0.2) is 41.4 Å². The topological polar surface area (TPSA) is 112 Å². The van der Waals surface area contributed by atoms with Crippen molar-refractivity contribution in [2.75, 3.05) is 12.4 Å². The van der Waals surface area contributed by atoms with E-state index in [1.807, 2.05) is 19.2 Å². The highest BCUT2D eigenvalue weighted by Gasteiger charge is 2.15. The summed E-state index contributed by atoms with van der Waals surface area (Å²) in [6, 6.07) is 8.36. The van der Waals surface area contributed by atoms with Crippen LogP contribution in [0, 0.1) is 0 Å². The standard InChI is InChI=1S/C16H15N5O3S2/c1-21-12-4-6-14-15(10(12)8-18-21)20-16(25-14)19-11-7-9(26(17,22)23)3-5-13(11)24-2/h3-8H,1-2H3,(H,19,20)(H2,17,22,23). The highest BCUT2D eigenvalue weighted by atomic mass is 32.2. The van der Waals surface area contributed by atoms with Gasteiger partial charge in [-0.15, -0.1) is 0 Å². The molecule has 0 unspecified atom stereocenters. The molecule has 134 valence electrons. The third-order valence-corrected chi connectivity index (χ3v) is 5.87. The van der Waals surface area contributed by atoms with Crippen molar-refractivity contribution in [2.45, 2.75) is 4.90 Å². The average molecular weight is 389 g/mol. The van der Waals surface area contributed by atoms with E-state index in [0.29, 0.717) is 16.6 Å². The first kappa shape index (κ1) is 16.8. The van der Waals surface area contributed by atoms with Crippen LogP contribution < -0.4 is 15.2 Å². The van der Waals surface area contributed by atoms with Gasteiger partial charge < -0.3 is 10.1 Å². The van der Waals surface area contributed by atoms with E-state index in [1.54, 1.807) is 16.9 Å². The molecular weight excluding hydrogens is 374 g/mol. The fourth-order valence-corrected chi connectivity index (χ4v) is 4.18. The van der Waals surface area contributed by atoms with Crippen molar-refractivity contribution in [3.05, 3.63) is 36.5 Å². The molecule has 3 N–H and O–H groups in total. The average Bonchev–Trinajstić information content (AvgIpc) is 3.17. The molecule has 0 saturated heterocycles. The molecule has 0 aliphatic carbocycles. The Morgan fingerprint density at radius 1 is 1.27 bits per heavy atom. The first-order valence-corrected chi connectivity index (χ1v) is 9.92. The Bertz CT molecular complexity index is 1240. The summed E-state index contributed by atoms with van der Waals surface area (Å²) in [5, 5.41) is 14.2. The van der Waals surface area contributed by atoms with Gasteiger partial charge in [0.05, 0.1) is 39.6 Å². The number of sulfonamides is 1. The van der Waals surface area contributed by atoms with Crippen molar-refractivity contribution in [3.8, 4) is 5.75 Å². The number of methoxy groups -OCH3 is 1. The number of rotatable bonds is 4. The molecule has 4 aromatic rings. The fraction of sp³-hybridized carbons (Fsp3) is 0.125. The molecule has 2 aromatic carbocycles. The van der Waals surface area contributed by atoms with Gasteiger partial charge >= 0.3 is 0 Å². The Kier molecular flexibility index (Phi) is 3.83. The summed E-state index contributed by atoms with van der Waals surface area (Å²) in [4.78, 5) is 4.63. The number of fused-ring (bicyclic) bond motifs is 3. The number of hydrogen-bond acceptors (Lipinski definition) is 7. The molecule has 8 nitrogen and oxygen atoms in total. The Morgan fingerprint density at radius 2 is 2.08 bits per heavy atom. The van der Waals surface area contributed by atoms with E-state index < -0.39 is 10.0 Å². The van der Waals surface area contributed by atoms with Crippen molar-refractivity contribution < 1.29 is 13.2 Å². The number of nitrogens with one attached hydrogen (secondary N) is 1. The maximum absolute atomic E-state index is 11.6. The zero-order chi connectivity index (χ0) is 18.5. The second-order valence-corrected chi connectivity index (χ2v) is 8.26. The molecule has 4 rings (SSSR count). The van der Waals surface area contributed by atoms with Gasteiger partial charge in [0.15, 0.2) is 5.13 Å². The Balaban J connectivity index is 1.81. The molecule has 0 amide bonds. The SMILES string of the molecule is COc1ccc(S(N)(=O)=O)cc1Nc1nc2c(ccc3c2cnn3C)s1. The minimum atomic E-state index is -3.82. The maximum Gasteiger partial charge on any atom is 0.238 e. The molecule has 0 radical (unpaired) electrons. The van der Waals surface area contributed by atoms with Gasteiger partial charge in [-0.2, -0.15) is 5.10 Å². The number of aryl methyl sites for hydroxylation is 1. The second-order valence-electron chi connectivity index (χ2n) is 5.66. The summed E-state index contributed by atoms with van der Waals surface area (Å²) in [5.41, 5.74) is 2.30. The summed E-state index contributed by atoms with van der Waals surface area (Å²) < 4.78 is 31.3. The molecule has 0 aliphatic heterocycles. The van der Waals surface area contributed by atoms with E-state index in [4.69, 9.17) is 9.88 Å². The van der Waals surface area contributed by atoms with Crippen molar-refractivity contribution >= 4 is 53.3 Å². The van der Waals surface area contributed by atoms with E-state index in [0.717, 1.165) is 21.1 Å². The monoisotopic (exact) mass is 389 g/mol. The summed E-state index contributed by atoms with van der Waals surface area (Å²) in [5.74, 6) is 0.489. The minimum absolute atomic E-state index is 0.00318. The van der Waals surface area contributed by atoms with Crippen LogP contribution >= 0.6 is 11.3 Å². The molecule has 0 fully saturated rings. The minimum Gasteiger partial charge on any atom is -0.495 e. The van der Waals surface area contributed by atoms with E-state index in [-0.39, 0.29) is 4.90 Å². The van der Waals surface area contributed by atoms with Crippen LogP contribution in [0.4, 0.5) is 10.8 Å². The third-order valence-electron chi connectivity index (χ3n) is 4.03. The van der Waals surface area contributed by atoms with Crippen molar-refractivity contribution in [2.24, 2.45) is 12.2 Å². The molecule has 10 heteroatoms. The van der Waals surface area contributed by atoms with Gasteiger partial charge in [-0.25, -0.2) is 18.5 Å². The molecule has 0 saturated carbocycles. The smallest absolute Gasteiger partial charge is 0.238 e. The lowest BCUT2D eigenvalue weighted by molar-refractivity contribution is 0.416. The van der Waals surface area contributed by atoms with Crippen molar-refractivity contribution in [1.82, 2.24) is 14.8 Å².